The highest BCUT2D eigenvalue weighted by Gasteiger charge is 2.02. The highest BCUT2D eigenvalue weighted by Crippen LogP contribution is 2.15. The maximum atomic E-state index is 8.81. The van der Waals surface area contributed by atoms with Gasteiger partial charge in [0.05, 0.1) is 5.02 Å². The molecule has 2 aromatic heterocycles. The van der Waals surface area contributed by atoms with E-state index < -0.39 is 0 Å². The van der Waals surface area contributed by atoms with Gasteiger partial charge in [-0.3, -0.25) is 4.98 Å². The number of anilines is 1. The van der Waals surface area contributed by atoms with Crippen LogP contribution in [0.3, 0.4) is 0 Å². The predicted molar refractivity (Wildman–Crippen MR) is 70.4 cm³/mol. The zero-order chi connectivity index (χ0) is 12.8. The number of nitrogens with one attached hydrogen (secondary N) is 1. The molecule has 0 bridgehead atoms. The first-order chi connectivity index (χ1) is 8.79. The molecule has 2 rings (SSSR count). The normalized spacial score (nSPS) is 9.78. The summed E-state index contributed by atoms with van der Waals surface area (Å²) < 4.78 is 0. The van der Waals surface area contributed by atoms with Crippen molar-refractivity contribution in [2.24, 2.45) is 0 Å². The second-order valence-corrected chi connectivity index (χ2v) is 4.04. The quantitative estimate of drug-likeness (QED) is 0.916. The number of nitrogens with zero attached hydrogens (tertiary/aromatic N) is 3. The lowest BCUT2D eigenvalue weighted by molar-refractivity contribution is 0.953. The SMILES string of the molecule is N#Cc1nc(NCCc2ccccn2)ccc1Cl. The van der Waals surface area contributed by atoms with Crippen molar-refractivity contribution in [3.8, 4) is 6.07 Å². The summed E-state index contributed by atoms with van der Waals surface area (Å²) >= 11 is 5.80. The van der Waals surface area contributed by atoms with Gasteiger partial charge in [-0.2, -0.15) is 5.26 Å². The van der Waals surface area contributed by atoms with Crippen LogP contribution in [0.15, 0.2) is 36.5 Å². The van der Waals surface area contributed by atoms with Gasteiger partial charge in [-0.05, 0) is 24.3 Å². The van der Waals surface area contributed by atoms with Crippen LogP contribution in [0.25, 0.3) is 0 Å². The van der Waals surface area contributed by atoms with Crippen LogP contribution in [0, 0.1) is 11.3 Å². The average Bonchev–Trinajstić information content (AvgIpc) is 2.42. The number of nitriles is 1. The van der Waals surface area contributed by atoms with E-state index in [0.717, 1.165) is 12.1 Å². The Kier molecular flexibility index (Phi) is 4.11. The Bertz CT molecular complexity index is 563. The number of hydrogen-bond donors (Lipinski definition) is 1. The first kappa shape index (κ1) is 12.3. The number of pyridine rings is 2. The molecular formula is C13H11ClN4. The second-order valence-electron chi connectivity index (χ2n) is 3.64. The van der Waals surface area contributed by atoms with Gasteiger partial charge < -0.3 is 5.32 Å². The van der Waals surface area contributed by atoms with Crippen molar-refractivity contribution in [3.05, 3.63) is 52.9 Å². The van der Waals surface area contributed by atoms with E-state index in [9.17, 15) is 0 Å². The van der Waals surface area contributed by atoms with E-state index in [4.69, 9.17) is 16.9 Å². The lowest BCUT2D eigenvalue weighted by atomic mass is 10.2. The van der Waals surface area contributed by atoms with Gasteiger partial charge in [0.15, 0.2) is 5.69 Å². The van der Waals surface area contributed by atoms with Crippen molar-refractivity contribution in [3.63, 3.8) is 0 Å². The van der Waals surface area contributed by atoms with Crippen LogP contribution in [0.5, 0.6) is 0 Å². The Hall–Kier alpha value is -2.12. The highest BCUT2D eigenvalue weighted by atomic mass is 35.5. The molecule has 2 aromatic rings. The third kappa shape index (κ3) is 3.19. The molecule has 0 aliphatic heterocycles. The van der Waals surface area contributed by atoms with Gasteiger partial charge in [-0.25, -0.2) is 4.98 Å². The van der Waals surface area contributed by atoms with Crippen LogP contribution < -0.4 is 5.32 Å². The van der Waals surface area contributed by atoms with E-state index in [1.54, 1.807) is 18.3 Å². The molecule has 0 amide bonds. The molecule has 0 fully saturated rings. The molecule has 1 N–H and O–H groups in total. The summed E-state index contributed by atoms with van der Waals surface area (Å²) in [4.78, 5) is 8.32. The summed E-state index contributed by atoms with van der Waals surface area (Å²) in [7, 11) is 0. The molecule has 0 aromatic carbocycles. The Morgan fingerprint density at radius 2 is 2.17 bits per heavy atom. The average molecular weight is 259 g/mol. The van der Waals surface area contributed by atoms with Gasteiger partial charge in [0.25, 0.3) is 0 Å². The highest BCUT2D eigenvalue weighted by molar-refractivity contribution is 6.31. The first-order valence-electron chi connectivity index (χ1n) is 5.50. The predicted octanol–water partition coefficient (Wildman–Crippen LogP) is 2.66. The molecule has 4 nitrogen and oxygen atoms in total. The van der Waals surface area contributed by atoms with E-state index in [-0.39, 0.29) is 5.69 Å². The molecule has 0 spiro atoms. The topological polar surface area (TPSA) is 61.6 Å². The van der Waals surface area contributed by atoms with Crippen LogP contribution in [0.4, 0.5) is 5.82 Å². The number of rotatable bonds is 4. The molecule has 0 radical (unpaired) electrons. The fraction of sp³-hybridized carbons (Fsp3) is 0.154. The molecule has 0 aliphatic rings. The molecule has 0 atom stereocenters. The number of halogens is 1. The summed E-state index contributed by atoms with van der Waals surface area (Å²) in [6.07, 6.45) is 2.57. The molecular weight excluding hydrogens is 248 g/mol. The zero-order valence-corrected chi connectivity index (χ0v) is 10.4. The third-order valence-corrected chi connectivity index (χ3v) is 2.67. The lowest BCUT2D eigenvalue weighted by Crippen LogP contribution is -2.07. The van der Waals surface area contributed by atoms with E-state index >= 15 is 0 Å². The molecule has 0 saturated carbocycles. The Balaban J connectivity index is 1.93. The van der Waals surface area contributed by atoms with Gasteiger partial charge in [0.1, 0.15) is 11.9 Å². The number of hydrogen-bond acceptors (Lipinski definition) is 4. The van der Waals surface area contributed by atoms with Crippen LogP contribution in [-0.4, -0.2) is 16.5 Å². The molecule has 0 unspecified atom stereocenters. The van der Waals surface area contributed by atoms with Crippen molar-refractivity contribution in [2.75, 3.05) is 11.9 Å². The molecule has 0 saturated heterocycles. The Labute approximate surface area is 110 Å². The van der Waals surface area contributed by atoms with Crippen LogP contribution in [-0.2, 0) is 6.42 Å². The summed E-state index contributed by atoms with van der Waals surface area (Å²) in [5.74, 6) is 0.645. The largest absolute Gasteiger partial charge is 0.370 e. The van der Waals surface area contributed by atoms with Gasteiger partial charge >= 0.3 is 0 Å². The summed E-state index contributed by atoms with van der Waals surface area (Å²) in [6.45, 7) is 0.705. The maximum Gasteiger partial charge on any atom is 0.161 e. The Morgan fingerprint density at radius 1 is 1.28 bits per heavy atom. The van der Waals surface area contributed by atoms with Crippen LogP contribution in [0.1, 0.15) is 11.4 Å². The van der Waals surface area contributed by atoms with Crippen molar-refractivity contribution < 1.29 is 0 Å². The molecule has 18 heavy (non-hydrogen) atoms. The Morgan fingerprint density at radius 3 is 2.89 bits per heavy atom. The minimum absolute atomic E-state index is 0.236. The minimum atomic E-state index is 0.236. The molecule has 90 valence electrons. The zero-order valence-electron chi connectivity index (χ0n) is 9.60. The van der Waals surface area contributed by atoms with Gasteiger partial charge in [-0.15, -0.1) is 0 Å². The van der Waals surface area contributed by atoms with Crippen molar-refractivity contribution >= 4 is 17.4 Å². The molecule has 2 heterocycles. The van der Waals surface area contributed by atoms with Crippen molar-refractivity contribution in [1.82, 2.24) is 9.97 Å². The van der Waals surface area contributed by atoms with E-state index in [1.807, 2.05) is 24.3 Å². The summed E-state index contributed by atoms with van der Waals surface area (Å²) in [5, 5.41) is 12.3. The van der Waals surface area contributed by atoms with Crippen LogP contribution in [0.2, 0.25) is 5.02 Å². The maximum absolute atomic E-state index is 8.81. The van der Waals surface area contributed by atoms with Crippen molar-refractivity contribution in [2.45, 2.75) is 6.42 Å². The smallest absolute Gasteiger partial charge is 0.161 e. The first-order valence-corrected chi connectivity index (χ1v) is 5.88. The van der Waals surface area contributed by atoms with E-state index in [2.05, 4.69) is 15.3 Å². The van der Waals surface area contributed by atoms with Gasteiger partial charge in [-0.1, -0.05) is 17.7 Å². The second kappa shape index (κ2) is 5.99. The summed E-state index contributed by atoms with van der Waals surface area (Å²) in [6, 6.07) is 11.2. The fourth-order valence-corrected chi connectivity index (χ4v) is 1.63. The van der Waals surface area contributed by atoms with Gasteiger partial charge in [0.2, 0.25) is 0 Å². The van der Waals surface area contributed by atoms with E-state index in [0.29, 0.717) is 17.4 Å². The molecule has 0 aliphatic carbocycles. The summed E-state index contributed by atoms with van der Waals surface area (Å²) in [5.41, 5.74) is 1.25. The monoisotopic (exact) mass is 258 g/mol. The lowest BCUT2D eigenvalue weighted by Gasteiger charge is -2.05. The molecule has 5 heteroatoms. The van der Waals surface area contributed by atoms with Crippen LogP contribution >= 0.6 is 11.6 Å². The standard InChI is InChI=1S/C13H11ClN4/c14-11-4-5-13(18-12(11)9-15)17-8-6-10-3-1-2-7-16-10/h1-5,7H,6,8H2,(H,17,18). The van der Waals surface area contributed by atoms with Gasteiger partial charge in [0, 0.05) is 24.9 Å². The van der Waals surface area contributed by atoms with E-state index in [1.165, 1.54) is 0 Å². The van der Waals surface area contributed by atoms with Crippen molar-refractivity contribution in [1.29, 1.82) is 5.26 Å². The third-order valence-electron chi connectivity index (χ3n) is 2.37. The fourth-order valence-electron chi connectivity index (χ4n) is 1.48. The minimum Gasteiger partial charge on any atom is -0.370 e. The number of aromatic nitrogens is 2.